The van der Waals surface area contributed by atoms with Crippen molar-refractivity contribution in [2.24, 2.45) is 5.92 Å². The number of aromatic nitrogens is 1. The third-order valence-electron chi connectivity index (χ3n) is 7.69. The fourth-order valence-electron chi connectivity index (χ4n) is 6.26. The molecular formula is C32H27N. The molecule has 1 aromatic heterocycles. The van der Waals surface area contributed by atoms with Gasteiger partial charge in [-0.3, -0.25) is 0 Å². The van der Waals surface area contributed by atoms with E-state index in [0.717, 1.165) is 6.42 Å². The summed E-state index contributed by atoms with van der Waals surface area (Å²) < 4.78 is 2.28. The minimum atomic E-state index is -0.0726. The Kier molecular flexibility index (Phi) is 4.46. The molecule has 0 saturated carbocycles. The molecule has 1 heterocycles. The van der Waals surface area contributed by atoms with Gasteiger partial charge in [0.25, 0.3) is 0 Å². The smallest absolute Gasteiger partial charge is 0.0841 e. The fraction of sp³-hybridized carbons (Fsp3) is 0.188. The van der Waals surface area contributed by atoms with Gasteiger partial charge in [-0.2, -0.15) is 0 Å². The van der Waals surface area contributed by atoms with Crippen LogP contribution in [0.15, 0.2) is 91.0 Å². The molecule has 0 bridgehead atoms. The van der Waals surface area contributed by atoms with Gasteiger partial charge in [0.2, 0.25) is 0 Å². The lowest BCUT2D eigenvalue weighted by Crippen LogP contribution is -2.34. The molecule has 0 N–H and O–H groups in total. The van der Waals surface area contributed by atoms with Crippen LogP contribution in [0.4, 0.5) is 0 Å². The topological polar surface area (TPSA) is 4.93 Å². The zero-order valence-electron chi connectivity index (χ0n) is 19.2. The van der Waals surface area contributed by atoms with E-state index in [4.69, 9.17) is 6.42 Å². The van der Waals surface area contributed by atoms with Crippen LogP contribution in [0.1, 0.15) is 30.5 Å². The van der Waals surface area contributed by atoms with E-state index < -0.39 is 0 Å². The van der Waals surface area contributed by atoms with Crippen LogP contribution in [0.5, 0.6) is 0 Å². The van der Waals surface area contributed by atoms with Gasteiger partial charge in [-0.1, -0.05) is 98.6 Å². The number of hydrogen-bond donors (Lipinski definition) is 0. The quantitative estimate of drug-likeness (QED) is 0.261. The second kappa shape index (κ2) is 7.39. The Morgan fingerprint density at radius 3 is 2.03 bits per heavy atom. The van der Waals surface area contributed by atoms with Gasteiger partial charge in [0.15, 0.2) is 0 Å². The van der Waals surface area contributed by atoms with Gasteiger partial charge in [-0.25, -0.2) is 0 Å². The van der Waals surface area contributed by atoms with Gasteiger partial charge in [0, 0.05) is 21.7 Å². The minimum absolute atomic E-state index is 0.0726. The summed E-state index contributed by atoms with van der Waals surface area (Å²) in [6.45, 7) is 5.33. The molecule has 1 aliphatic rings. The monoisotopic (exact) mass is 425 g/mol. The third-order valence-corrected chi connectivity index (χ3v) is 7.69. The van der Waals surface area contributed by atoms with E-state index in [1.54, 1.807) is 0 Å². The van der Waals surface area contributed by atoms with Crippen LogP contribution in [0.2, 0.25) is 0 Å². The lowest BCUT2D eigenvalue weighted by Gasteiger charge is -2.37. The van der Waals surface area contributed by atoms with Crippen LogP contribution in [0, 0.1) is 18.3 Å². The number of nitrogens with zero attached hydrogens (tertiary/aromatic N) is 1. The predicted molar refractivity (Wildman–Crippen MR) is 139 cm³/mol. The Morgan fingerprint density at radius 1 is 0.758 bits per heavy atom. The number of fused-ring (bicyclic) bond motifs is 6. The van der Waals surface area contributed by atoms with Crippen molar-refractivity contribution in [3.8, 4) is 23.5 Å². The van der Waals surface area contributed by atoms with E-state index in [1.807, 2.05) is 0 Å². The molecule has 0 atom stereocenters. The average Bonchev–Trinajstić information content (AvgIpc) is 3.32. The second-order valence-electron chi connectivity index (χ2n) is 9.51. The van der Waals surface area contributed by atoms with E-state index in [-0.39, 0.29) is 5.41 Å². The van der Waals surface area contributed by atoms with Crippen LogP contribution in [-0.2, 0) is 18.4 Å². The highest BCUT2D eigenvalue weighted by Crippen LogP contribution is 2.54. The number of rotatable bonds is 4. The van der Waals surface area contributed by atoms with Crippen LogP contribution in [-0.4, -0.2) is 4.57 Å². The Bertz CT molecular complexity index is 1510. The molecule has 33 heavy (non-hydrogen) atoms. The van der Waals surface area contributed by atoms with Crippen molar-refractivity contribution in [3.05, 3.63) is 108 Å². The largest absolute Gasteiger partial charge is 0.329 e. The third kappa shape index (κ3) is 2.68. The van der Waals surface area contributed by atoms with Crippen molar-refractivity contribution in [1.82, 2.24) is 4.57 Å². The second-order valence-corrected chi connectivity index (χ2v) is 9.51. The molecule has 0 fully saturated rings. The maximum atomic E-state index is 5.77. The Hall–Kier alpha value is -3.76. The lowest BCUT2D eigenvalue weighted by atomic mass is 9.66. The van der Waals surface area contributed by atoms with E-state index in [9.17, 15) is 0 Å². The van der Waals surface area contributed by atoms with Crippen LogP contribution in [0.25, 0.3) is 32.9 Å². The molecule has 1 nitrogen and oxygen atoms in total. The van der Waals surface area contributed by atoms with E-state index in [1.165, 1.54) is 49.6 Å². The minimum Gasteiger partial charge on any atom is -0.329 e. The van der Waals surface area contributed by atoms with Crippen molar-refractivity contribution in [1.29, 1.82) is 0 Å². The molecule has 1 aliphatic carbocycles. The number of benzene rings is 4. The fourth-order valence-corrected chi connectivity index (χ4v) is 6.26. The molecule has 5 aromatic rings. The van der Waals surface area contributed by atoms with E-state index >= 15 is 0 Å². The molecule has 0 unspecified atom stereocenters. The summed E-state index contributed by atoms with van der Waals surface area (Å²) in [4.78, 5) is 0. The van der Waals surface area contributed by atoms with Gasteiger partial charge in [0.05, 0.1) is 12.1 Å². The first-order valence-electron chi connectivity index (χ1n) is 11.8. The molecule has 0 spiro atoms. The summed E-state index contributed by atoms with van der Waals surface area (Å²) in [5.74, 6) is 3.30. The summed E-state index contributed by atoms with van der Waals surface area (Å²) in [5.41, 5.74) is 9.41. The molecule has 0 aliphatic heterocycles. The molecule has 6 rings (SSSR count). The van der Waals surface area contributed by atoms with Gasteiger partial charge >= 0.3 is 0 Å². The summed E-state index contributed by atoms with van der Waals surface area (Å²) in [5, 5.41) is 2.63. The van der Waals surface area contributed by atoms with Gasteiger partial charge in [0.1, 0.15) is 0 Å². The predicted octanol–water partition coefficient (Wildman–Crippen LogP) is 7.59. The lowest BCUT2D eigenvalue weighted by molar-refractivity contribution is 0.377. The van der Waals surface area contributed by atoms with Crippen molar-refractivity contribution < 1.29 is 0 Å². The van der Waals surface area contributed by atoms with Gasteiger partial charge < -0.3 is 4.57 Å². The van der Waals surface area contributed by atoms with Crippen LogP contribution < -0.4 is 0 Å². The summed E-state index contributed by atoms with van der Waals surface area (Å²) in [6.07, 6.45) is 6.73. The normalized spacial score (nSPS) is 13.9. The maximum absolute atomic E-state index is 5.77. The van der Waals surface area contributed by atoms with Crippen molar-refractivity contribution in [3.63, 3.8) is 0 Å². The Morgan fingerprint density at radius 2 is 1.36 bits per heavy atom. The number of hydrogen-bond acceptors (Lipinski definition) is 0. The van der Waals surface area contributed by atoms with Crippen molar-refractivity contribution >= 4 is 21.8 Å². The summed E-state index contributed by atoms with van der Waals surface area (Å²) in [6, 6.07) is 33.4. The summed E-state index contributed by atoms with van der Waals surface area (Å²) >= 11 is 0. The molecule has 0 saturated heterocycles. The van der Waals surface area contributed by atoms with Crippen molar-refractivity contribution in [2.75, 3.05) is 0 Å². The first-order valence-corrected chi connectivity index (χ1v) is 11.8. The highest BCUT2D eigenvalue weighted by Gasteiger charge is 2.45. The molecule has 4 aromatic carbocycles. The molecule has 160 valence electrons. The number of para-hydroxylation sites is 1. The van der Waals surface area contributed by atoms with Crippen LogP contribution in [0.3, 0.4) is 0 Å². The summed E-state index contributed by atoms with van der Waals surface area (Å²) in [7, 11) is 0. The SMILES string of the molecule is C#CCn1c2ccccc2c2c(CC3(C(C)C)c4ccccc4-c4ccccc43)cccc21. The molecule has 1 heteroatoms. The van der Waals surface area contributed by atoms with E-state index in [0.29, 0.717) is 12.5 Å². The van der Waals surface area contributed by atoms with Gasteiger partial charge in [-0.15, -0.1) is 6.42 Å². The van der Waals surface area contributed by atoms with E-state index in [2.05, 4.69) is 115 Å². The zero-order valence-corrected chi connectivity index (χ0v) is 19.2. The molecule has 0 radical (unpaired) electrons. The van der Waals surface area contributed by atoms with Gasteiger partial charge in [-0.05, 0) is 52.3 Å². The molecule has 0 amide bonds. The van der Waals surface area contributed by atoms with Crippen molar-refractivity contribution in [2.45, 2.75) is 32.2 Å². The molecular weight excluding hydrogens is 398 g/mol. The average molecular weight is 426 g/mol. The first-order chi connectivity index (χ1) is 16.2. The van der Waals surface area contributed by atoms with Crippen LogP contribution >= 0.6 is 0 Å². The Balaban J connectivity index is 1.66. The zero-order chi connectivity index (χ0) is 22.6. The Labute approximate surface area is 195 Å². The standard InChI is InChI=1S/C32H27N/c1-4-20-33-29-18-10-7-15-26(29)31-23(12-11-19-30(31)33)21-32(22(2)3)27-16-8-5-13-24(27)25-14-6-9-17-28(25)32/h1,5-19,22H,20-21H2,2-3H3. The first kappa shape index (κ1) is 19.9. The number of terminal acetylenes is 1. The highest BCUT2D eigenvalue weighted by atomic mass is 15.0. The highest BCUT2D eigenvalue weighted by molar-refractivity contribution is 6.10. The maximum Gasteiger partial charge on any atom is 0.0841 e.